The third-order valence-corrected chi connectivity index (χ3v) is 4.12. The van der Waals surface area contributed by atoms with Crippen molar-refractivity contribution in [2.24, 2.45) is 5.92 Å². The van der Waals surface area contributed by atoms with Crippen LogP contribution in [0.1, 0.15) is 30.4 Å². The fourth-order valence-electron chi connectivity index (χ4n) is 2.80. The molecule has 2 heteroatoms. The molecule has 0 aromatic heterocycles. The summed E-state index contributed by atoms with van der Waals surface area (Å²) in [6, 6.07) is 10.4. The molecule has 1 saturated heterocycles. The van der Waals surface area contributed by atoms with Crippen LogP contribution in [-0.4, -0.2) is 25.3 Å². The first-order chi connectivity index (χ1) is 8.81. The molecule has 2 fully saturated rings. The van der Waals surface area contributed by atoms with Crippen LogP contribution in [0.3, 0.4) is 0 Å². The number of rotatable bonds is 4. The van der Waals surface area contributed by atoms with Crippen LogP contribution in [0.2, 0.25) is 0 Å². The summed E-state index contributed by atoms with van der Waals surface area (Å²) in [7, 11) is 0. The maximum Gasteiger partial charge on any atom is 0.0512 e. The second-order valence-corrected chi connectivity index (χ2v) is 5.86. The standard InChI is InChI=1S/C16H23NO/c1-12-2-4-13(5-3-12)10-14-11-18-9-8-16(14)17-15-6-7-15/h2-5,14-17H,6-11H2,1H3. The van der Waals surface area contributed by atoms with Gasteiger partial charge in [-0.2, -0.15) is 0 Å². The summed E-state index contributed by atoms with van der Waals surface area (Å²) in [6.07, 6.45) is 5.06. The van der Waals surface area contributed by atoms with Crippen molar-refractivity contribution in [1.82, 2.24) is 5.32 Å². The minimum Gasteiger partial charge on any atom is -0.381 e. The van der Waals surface area contributed by atoms with Gasteiger partial charge in [0.05, 0.1) is 6.61 Å². The topological polar surface area (TPSA) is 21.3 Å². The third-order valence-electron chi connectivity index (χ3n) is 4.12. The molecule has 1 heterocycles. The second-order valence-electron chi connectivity index (χ2n) is 5.86. The lowest BCUT2D eigenvalue weighted by Crippen LogP contribution is -2.44. The Labute approximate surface area is 110 Å². The minimum atomic E-state index is 0.641. The van der Waals surface area contributed by atoms with Crippen molar-refractivity contribution in [3.63, 3.8) is 0 Å². The van der Waals surface area contributed by atoms with Gasteiger partial charge in [-0.1, -0.05) is 29.8 Å². The van der Waals surface area contributed by atoms with Crippen molar-refractivity contribution in [3.05, 3.63) is 35.4 Å². The molecule has 2 aliphatic rings. The molecule has 2 unspecified atom stereocenters. The minimum absolute atomic E-state index is 0.641. The SMILES string of the molecule is Cc1ccc(CC2COCCC2NC2CC2)cc1. The summed E-state index contributed by atoms with van der Waals surface area (Å²) in [6.45, 7) is 3.98. The van der Waals surface area contributed by atoms with Crippen molar-refractivity contribution in [1.29, 1.82) is 0 Å². The fourth-order valence-corrected chi connectivity index (χ4v) is 2.80. The molecule has 1 aromatic rings. The molecule has 1 aromatic carbocycles. The van der Waals surface area contributed by atoms with E-state index in [1.165, 1.54) is 30.4 Å². The molecule has 2 nitrogen and oxygen atoms in total. The zero-order chi connectivity index (χ0) is 12.4. The monoisotopic (exact) mass is 245 g/mol. The van der Waals surface area contributed by atoms with Crippen LogP contribution < -0.4 is 5.32 Å². The molecule has 1 N–H and O–H groups in total. The predicted octanol–water partition coefficient (Wildman–Crippen LogP) is 2.69. The van der Waals surface area contributed by atoms with Gasteiger partial charge >= 0.3 is 0 Å². The van der Waals surface area contributed by atoms with Crippen LogP contribution in [0.4, 0.5) is 0 Å². The van der Waals surface area contributed by atoms with Crippen molar-refractivity contribution in [2.75, 3.05) is 13.2 Å². The van der Waals surface area contributed by atoms with E-state index in [1.54, 1.807) is 0 Å². The highest BCUT2D eigenvalue weighted by Gasteiger charge is 2.31. The zero-order valence-electron chi connectivity index (χ0n) is 11.2. The maximum atomic E-state index is 5.67. The first-order valence-corrected chi connectivity index (χ1v) is 7.20. The Balaban J connectivity index is 1.62. The van der Waals surface area contributed by atoms with Gasteiger partial charge in [0.25, 0.3) is 0 Å². The van der Waals surface area contributed by atoms with Crippen LogP contribution >= 0.6 is 0 Å². The Kier molecular flexibility index (Phi) is 3.67. The highest BCUT2D eigenvalue weighted by atomic mass is 16.5. The molecule has 0 bridgehead atoms. The van der Waals surface area contributed by atoms with Crippen LogP contribution in [0, 0.1) is 12.8 Å². The first kappa shape index (κ1) is 12.2. The summed E-state index contributed by atoms with van der Waals surface area (Å²) in [5, 5.41) is 3.79. The van der Waals surface area contributed by atoms with E-state index in [1.807, 2.05) is 0 Å². The van der Waals surface area contributed by atoms with Gasteiger partial charge in [0.1, 0.15) is 0 Å². The molecule has 0 amide bonds. The molecule has 1 aliphatic heterocycles. The number of nitrogens with one attached hydrogen (secondary N) is 1. The Morgan fingerprint density at radius 3 is 2.67 bits per heavy atom. The van der Waals surface area contributed by atoms with Crippen LogP contribution in [0.5, 0.6) is 0 Å². The Morgan fingerprint density at radius 1 is 1.17 bits per heavy atom. The molecule has 0 radical (unpaired) electrons. The fraction of sp³-hybridized carbons (Fsp3) is 0.625. The van der Waals surface area contributed by atoms with Crippen molar-refractivity contribution in [2.45, 2.75) is 44.7 Å². The van der Waals surface area contributed by atoms with Gasteiger partial charge in [0.15, 0.2) is 0 Å². The molecule has 1 saturated carbocycles. The molecule has 2 atom stereocenters. The van der Waals surface area contributed by atoms with Gasteiger partial charge in [-0.25, -0.2) is 0 Å². The largest absolute Gasteiger partial charge is 0.381 e. The van der Waals surface area contributed by atoms with Gasteiger partial charge in [0.2, 0.25) is 0 Å². The number of hydrogen-bond acceptors (Lipinski definition) is 2. The Morgan fingerprint density at radius 2 is 1.94 bits per heavy atom. The van der Waals surface area contributed by atoms with E-state index in [0.29, 0.717) is 12.0 Å². The summed E-state index contributed by atoms with van der Waals surface area (Å²) < 4.78 is 5.67. The van der Waals surface area contributed by atoms with Gasteiger partial charge in [-0.05, 0) is 38.2 Å². The van der Waals surface area contributed by atoms with E-state index >= 15 is 0 Å². The highest BCUT2D eigenvalue weighted by molar-refractivity contribution is 5.22. The average Bonchev–Trinajstić information content (AvgIpc) is 3.18. The average molecular weight is 245 g/mol. The maximum absolute atomic E-state index is 5.67. The molecule has 0 spiro atoms. The number of benzene rings is 1. The Hall–Kier alpha value is -0.860. The molecule has 18 heavy (non-hydrogen) atoms. The molecule has 3 rings (SSSR count). The summed E-state index contributed by atoms with van der Waals surface area (Å²) in [5.41, 5.74) is 2.78. The molecule has 98 valence electrons. The number of aryl methyl sites for hydroxylation is 1. The number of ether oxygens (including phenoxy) is 1. The van der Waals surface area contributed by atoms with Crippen molar-refractivity contribution < 1.29 is 4.74 Å². The quantitative estimate of drug-likeness (QED) is 0.880. The molecule has 1 aliphatic carbocycles. The smallest absolute Gasteiger partial charge is 0.0512 e. The van der Waals surface area contributed by atoms with E-state index in [-0.39, 0.29) is 0 Å². The summed E-state index contributed by atoms with van der Waals surface area (Å²) >= 11 is 0. The number of hydrogen-bond donors (Lipinski definition) is 1. The summed E-state index contributed by atoms with van der Waals surface area (Å²) in [4.78, 5) is 0. The highest BCUT2D eigenvalue weighted by Crippen LogP contribution is 2.26. The first-order valence-electron chi connectivity index (χ1n) is 7.20. The van der Waals surface area contributed by atoms with Gasteiger partial charge in [-0.15, -0.1) is 0 Å². The lowest BCUT2D eigenvalue weighted by molar-refractivity contribution is 0.0316. The van der Waals surface area contributed by atoms with E-state index in [9.17, 15) is 0 Å². The predicted molar refractivity (Wildman–Crippen MR) is 73.8 cm³/mol. The van der Waals surface area contributed by atoms with E-state index in [4.69, 9.17) is 4.74 Å². The van der Waals surface area contributed by atoms with Crippen molar-refractivity contribution >= 4 is 0 Å². The second kappa shape index (κ2) is 5.41. The van der Waals surface area contributed by atoms with Crippen LogP contribution in [0.15, 0.2) is 24.3 Å². The van der Waals surface area contributed by atoms with E-state index in [0.717, 1.165) is 25.7 Å². The van der Waals surface area contributed by atoms with E-state index < -0.39 is 0 Å². The van der Waals surface area contributed by atoms with Gasteiger partial charge < -0.3 is 10.1 Å². The van der Waals surface area contributed by atoms with Gasteiger partial charge in [-0.3, -0.25) is 0 Å². The van der Waals surface area contributed by atoms with Crippen LogP contribution in [0.25, 0.3) is 0 Å². The van der Waals surface area contributed by atoms with Crippen LogP contribution in [-0.2, 0) is 11.2 Å². The van der Waals surface area contributed by atoms with Crippen molar-refractivity contribution in [3.8, 4) is 0 Å². The normalized spacial score (nSPS) is 28.3. The van der Waals surface area contributed by atoms with E-state index in [2.05, 4.69) is 36.5 Å². The summed E-state index contributed by atoms with van der Waals surface area (Å²) in [5.74, 6) is 0.641. The van der Waals surface area contributed by atoms with Gasteiger partial charge in [0, 0.05) is 24.6 Å². The molecular formula is C16H23NO. The molecular weight excluding hydrogens is 222 g/mol. The zero-order valence-corrected chi connectivity index (χ0v) is 11.2. The third kappa shape index (κ3) is 3.12. The lowest BCUT2D eigenvalue weighted by atomic mass is 9.89. The Bertz CT molecular complexity index is 383. The lowest BCUT2D eigenvalue weighted by Gasteiger charge is -2.32.